The number of non-ortho nitro benzene ring substituents is 1. The van der Waals surface area contributed by atoms with Crippen LogP contribution in [0.2, 0.25) is 0 Å². The molecule has 2 rings (SSSR count). The maximum absolute atomic E-state index is 11.7. The molecule has 0 bridgehead atoms. The number of hydrogen-bond acceptors (Lipinski definition) is 6. The van der Waals surface area contributed by atoms with Gasteiger partial charge in [-0.25, -0.2) is 0 Å². The van der Waals surface area contributed by atoms with Crippen molar-refractivity contribution >= 4 is 34.6 Å². The Kier molecular flexibility index (Phi) is 6.44. The molecular formula is C16H16N2O5S. The summed E-state index contributed by atoms with van der Waals surface area (Å²) in [6.07, 6.45) is 1.73. The minimum Gasteiger partial charge on any atom is -0.456 e. The highest BCUT2D eigenvalue weighted by Gasteiger charge is 2.09. The second-order valence-corrected chi connectivity index (χ2v) is 5.98. The predicted octanol–water partition coefficient (Wildman–Crippen LogP) is 3.16. The lowest BCUT2D eigenvalue weighted by Crippen LogP contribution is -2.20. The van der Waals surface area contributed by atoms with E-state index in [0.717, 1.165) is 6.42 Å². The van der Waals surface area contributed by atoms with Gasteiger partial charge in [-0.2, -0.15) is 0 Å². The number of thiophene rings is 1. The lowest BCUT2D eigenvalue weighted by Gasteiger charge is -2.06. The summed E-state index contributed by atoms with van der Waals surface area (Å²) in [7, 11) is 0. The highest BCUT2D eigenvalue weighted by atomic mass is 32.1. The molecule has 24 heavy (non-hydrogen) atoms. The maximum Gasteiger partial charge on any atom is 0.306 e. The van der Waals surface area contributed by atoms with Gasteiger partial charge in [0.1, 0.15) is 0 Å². The van der Waals surface area contributed by atoms with Crippen LogP contribution in [-0.4, -0.2) is 23.4 Å². The van der Waals surface area contributed by atoms with Crippen molar-refractivity contribution in [2.45, 2.75) is 19.3 Å². The molecule has 1 aromatic heterocycles. The Balaban J connectivity index is 1.66. The number of rotatable bonds is 8. The molecular weight excluding hydrogens is 332 g/mol. The molecule has 7 nitrogen and oxygen atoms in total. The molecule has 0 saturated carbocycles. The number of carbonyl (C=O) groups excluding carboxylic acids is 2. The summed E-state index contributed by atoms with van der Waals surface area (Å²) < 4.78 is 4.90. The van der Waals surface area contributed by atoms with Gasteiger partial charge in [0.05, 0.1) is 4.92 Å². The molecule has 2 aromatic rings. The number of carbonyl (C=O) groups is 2. The molecule has 8 heteroatoms. The van der Waals surface area contributed by atoms with E-state index in [1.165, 1.54) is 29.1 Å². The SMILES string of the molecule is O=C(COC(=O)CCCc1cccs1)Nc1ccc([N+](=O)[O-])cc1. The molecule has 0 fully saturated rings. The lowest BCUT2D eigenvalue weighted by atomic mass is 10.2. The number of nitro groups is 1. The second kappa shape index (κ2) is 8.78. The smallest absolute Gasteiger partial charge is 0.306 e. The Morgan fingerprint density at radius 3 is 2.58 bits per heavy atom. The fraction of sp³-hybridized carbons (Fsp3) is 0.250. The number of nitro benzene ring substituents is 1. The first-order valence-electron chi connectivity index (χ1n) is 7.27. The number of ether oxygens (including phenoxy) is 1. The number of nitrogens with zero attached hydrogens (tertiary/aromatic N) is 1. The Labute approximate surface area is 142 Å². The number of anilines is 1. The average molecular weight is 348 g/mol. The van der Waals surface area contributed by atoms with Gasteiger partial charge in [0.25, 0.3) is 11.6 Å². The Hall–Kier alpha value is -2.74. The predicted molar refractivity (Wildman–Crippen MR) is 89.9 cm³/mol. The van der Waals surface area contributed by atoms with Gasteiger partial charge in [-0.1, -0.05) is 6.07 Å². The van der Waals surface area contributed by atoms with Crippen LogP contribution in [0.25, 0.3) is 0 Å². The molecule has 1 heterocycles. The Bertz CT molecular complexity index is 698. The molecule has 126 valence electrons. The van der Waals surface area contributed by atoms with Crippen molar-refractivity contribution < 1.29 is 19.2 Å². The van der Waals surface area contributed by atoms with Crippen molar-refractivity contribution in [2.75, 3.05) is 11.9 Å². The number of esters is 1. The Morgan fingerprint density at radius 1 is 1.21 bits per heavy atom. The van der Waals surface area contributed by atoms with Crippen LogP contribution in [0.5, 0.6) is 0 Å². The second-order valence-electron chi connectivity index (χ2n) is 4.95. The van der Waals surface area contributed by atoms with E-state index in [1.807, 2.05) is 17.5 Å². The summed E-state index contributed by atoms with van der Waals surface area (Å²) in [5.41, 5.74) is 0.338. The van der Waals surface area contributed by atoms with Gasteiger partial charge in [-0.05, 0) is 36.4 Å². The maximum atomic E-state index is 11.7. The fourth-order valence-electron chi connectivity index (χ4n) is 1.94. The van der Waals surface area contributed by atoms with Gasteiger partial charge in [0.15, 0.2) is 6.61 Å². The van der Waals surface area contributed by atoms with Crippen LogP contribution in [0.4, 0.5) is 11.4 Å². The van der Waals surface area contributed by atoms with Crippen molar-refractivity contribution in [3.05, 3.63) is 56.8 Å². The van der Waals surface area contributed by atoms with Gasteiger partial charge in [0, 0.05) is 29.1 Å². The molecule has 0 aliphatic carbocycles. The summed E-state index contributed by atoms with van der Waals surface area (Å²) in [6.45, 7) is -0.380. The van der Waals surface area contributed by atoms with Crippen LogP contribution in [-0.2, 0) is 20.7 Å². The third-order valence-corrected chi connectivity index (χ3v) is 4.05. The van der Waals surface area contributed by atoms with Crippen LogP contribution in [0.15, 0.2) is 41.8 Å². The van der Waals surface area contributed by atoms with E-state index < -0.39 is 16.8 Å². The van der Waals surface area contributed by atoms with Crippen LogP contribution < -0.4 is 5.32 Å². The molecule has 1 N–H and O–H groups in total. The first-order valence-corrected chi connectivity index (χ1v) is 8.15. The van der Waals surface area contributed by atoms with E-state index in [4.69, 9.17) is 4.74 Å². The van der Waals surface area contributed by atoms with Gasteiger partial charge in [-0.15, -0.1) is 11.3 Å². The quantitative estimate of drug-likeness (QED) is 0.449. The van der Waals surface area contributed by atoms with Gasteiger partial charge >= 0.3 is 5.97 Å². The zero-order valence-electron chi connectivity index (χ0n) is 12.8. The van der Waals surface area contributed by atoms with Gasteiger partial charge in [-0.3, -0.25) is 19.7 Å². The topological polar surface area (TPSA) is 98.5 Å². The summed E-state index contributed by atoms with van der Waals surface area (Å²) >= 11 is 1.64. The number of benzene rings is 1. The highest BCUT2D eigenvalue weighted by molar-refractivity contribution is 7.09. The molecule has 0 aliphatic heterocycles. The van der Waals surface area contributed by atoms with E-state index in [9.17, 15) is 19.7 Å². The third-order valence-electron chi connectivity index (χ3n) is 3.11. The fourth-order valence-corrected chi connectivity index (χ4v) is 2.69. The molecule has 0 spiro atoms. The van der Waals surface area contributed by atoms with E-state index in [1.54, 1.807) is 11.3 Å². The van der Waals surface area contributed by atoms with Gasteiger partial charge < -0.3 is 10.1 Å². The molecule has 0 aliphatic rings. The first kappa shape index (κ1) is 17.6. The normalized spacial score (nSPS) is 10.2. The average Bonchev–Trinajstić information content (AvgIpc) is 3.07. The van der Waals surface area contributed by atoms with Crippen molar-refractivity contribution in [3.8, 4) is 0 Å². The summed E-state index contributed by atoms with van der Waals surface area (Å²) in [6, 6.07) is 9.37. The molecule has 0 unspecified atom stereocenters. The summed E-state index contributed by atoms with van der Waals surface area (Å²) in [5, 5.41) is 15.0. The van der Waals surface area contributed by atoms with Crippen molar-refractivity contribution in [1.82, 2.24) is 0 Å². The van der Waals surface area contributed by atoms with Crippen LogP contribution in [0, 0.1) is 10.1 Å². The van der Waals surface area contributed by atoms with Crippen LogP contribution in [0.1, 0.15) is 17.7 Å². The number of aryl methyl sites for hydroxylation is 1. The molecule has 1 aromatic carbocycles. The zero-order chi connectivity index (χ0) is 17.4. The molecule has 0 radical (unpaired) electrons. The standard InChI is InChI=1S/C16H16N2O5S/c19-15(17-12-6-8-13(9-7-12)18(21)22)11-23-16(20)5-1-3-14-4-2-10-24-14/h2,4,6-10H,1,3,5,11H2,(H,17,19). The third kappa shape index (κ3) is 5.81. The molecule has 0 saturated heterocycles. The highest BCUT2D eigenvalue weighted by Crippen LogP contribution is 2.15. The molecule has 0 atom stereocenters. The monoisotopic (exact) mass is 348 g/mol. The lowest BCUT2D eigenvalue weighted by molar-refractivity contribution is -0.384. The summed E-state index contributed by atoms with van der Waals surface area (Å²) in [5.74, 6) is -0.916. The molecule has 1 amide bonds. The Morgan fingerprint density at radius 2 is 1.96 bits per heavy atom. The van der Waals surface area contributed by atoms with Crippen molar-refractivity contribution in [2.24, 2.45) is 0 Å². The first-order chi connectivity index (χ1) is 11.5. The minimum atomic E-state index is -0.524. The van der Waals surface area contributed by atoms with E-state index in [-0.39, 0.29) is 18.7 Å². The zero-order valence-corrected chi connectivity index (χ0v) is 13.6. The van der Waals surface area contributed by atoms with Crippen molar-refractivity contribution in [3.63, 3.8) is 0 Å². The largest absolute Gasteiger partial charge is 0.456 e. The van der Waals surface area contributed by atoms with Crippen molar-refractivity contribution in [1.29, 1.82) is 0 Å². The number of hydrogen-bond donors (Lipinski definition) is 1. The van der Waals surface area contributed by atoms with E-state index >= 15 is 0 Å². The number of nitrogens with one attached hydrogen (secondary N) is 1. The minimum absolute atomic E-state index is 0.0647. The van der Waals surface area contributed by atoms with E-state index in [0.29, 0.717) is 12.1 Å². The van der Waals surface area contributed by atoms with E-state index in [2.05, 4.69) is 5.32 Å². The van der Waals surface area contributed by atoms with Crippen LogP contribution >= 0.6 is 11.3 Å². The van der Waals surface area contributed by atoms with Gasteiger partial charge in [0.2, 0.25) is 0 Å². The van der Waals surface area contributed by atoms with Crippen LogP contribution in [0.3, 0.4) is 0 Å². The number of amides is 1. The summed E-state index contributed by atoms with van der Waals surface area (Å²) in [4.78, 5) is 34.5.